The Labute approximate surface area is 104 Å². The second-order valence-corrected chi connectivity index (χ2v) is 4.69. The molecule has 5 nitrogen and oxygen atoms in total. The maximum atomic E-state index is 5.53. The second-order valence-electron chi connectivity index (χ2n) is 3.66. The highest BCUT2D eigenvalue weighted by Gasteiger charge is 2.13. The van der Waals surface area contributed by atoms with Crippen LogP contribution in [-0.4, -0.2) is 29.9 Å². The lowest BCUT2D eigenvalue weighted by Crippen LogP contribution is -2.24. The van der Waals surface area contributed by atoms with Crippen LogP contribution in [0, 0.1) is 0 Å². The van der Waals surface area contributed by atoms with Gasteiger partial charge in [-0.3, -0.25) is 0 Å². The number of nitrogens with zero attached hydrogens (tertiary/aromatic N) is 2. The van der Waals surface area contributed by atoms with Crippen molar-refractivity contribution in [3.8, 4) is 0 Å². The lowest BCUT2D eigenvalue weighted by Gasteiger charge is -2.08. The van der Waals surface area contributed by atoms with Gasteiger partial charge >= 0.3 is 0 Å². The zero-order chi connectivity index (χ0) is 12.1. The zero-order valence-corrected chi connectivity index (χ0v) is 10.4. The third-order valence-corrected chi connectivity index (χ3v) is 3.30. The highest BCUT2D eigenvalue weighted by atomic mass is 32.1. The Bertz CT molecular complexity index is 437. The number of methoxy groups -OCH3 is 1. The van der Waals surface area contributed by atoms with Gasteiger partial charge < -0.3 is 15.0 Å². The smallest absolute Gasteiger partial charge is 0.229 e. The van der Waals surface area contributed by atoms with Gasteiger partial charge in [-0.05, 0) is 11.4 Å². The van der Waals surface area contributed by atoms with Crippen LogP contribution in [0.5, 0.6) is 0 Å². The van der Waals surface area contributed by atoms with Crippen molar-refractivity contribution in [2.75, 3.05) is 13.7 Å². The summed E-state index contributed by atoms with van der Waals surface area (Å²) in [6.07, 6.45) is 1.20. The Morgan fingerprint density at radius 3 is 3.12 bits per heavy atom. The molecule has 0 amide bonds. The van der Waals surface area contributed by atoms with Gasteiger partial charge in [0.25, 0.3) is 0 Å². The molecule has 2 aromatic heterocycles. The summed E-state index contributed by atoms with van der Waals surface area (Å²) < 4.78 is 10.3. The van der Waals surface area contributed by atoms with Gasteiger partial charge in [0.1, 0.15) is 0 Å². The molecule has 1 atom stereocenters. The summed E-state index contributed by atoms with van der Waals surface area (Å²) >= 11 is 1.68. The molecule has 2 aromatic rings. The molecule has 0 radical (unpaired) electrons. The molecule has 0 saturated carbocycles. The lowest BCUT2D eigenvalue weighted by atomic mass is 10.2. The number of nitrogens with two attached hydrogens (primary N) is 1. The Morgan fingerprint density at radius 2 is 2.47 bits per heavy atom. The third kappa shape index (κ3) is 3.36. The van der Waals surface area contributed by atoms with Gasteiger partial charge in [-0.25, -0.2) is 0 Å². The predicted octanol–water partition coefficient (Wildman–Crippen LogP) is 1.24. The minimum absolute atomic E-state index is 0.0648. The van der Waals surface area contributed by atoms with E-state index in [4.69, 9.17) is 15.0 Å². The Kier molecular flexibility index (Phi) is 4.24. The Morgan fingerprint density at radius 1 is 1.59 bits per heavy atom. The van der Waals surface area contributed by atoms with E-state index in [1.54, 1.807) is 18.4 Å². The number of rotatable bonds is 6. The topological polar surface area (TPSA) is 74.2 Å². The van der Waals surface area contributed by atoms with E-state index < -0.39 is 0 Å². The van der Waals surface area contributed by atoms with Crippen LogP contribution in [-0.2, 0) is 17.6 Å². The predicted molar refractivity (Wildman–Crippen MR) is 65.0 cm³/mol. The van der Waals surface area contributed by atoms with Crippen molar-refractivity contribution in [2.45, 2.75) is 18.9 Å². The molecule has 0 aromatic carbocycles. The zero-order valence-electron chi connectivity index (χ0n) is 9.63. The van der Waals surface area contributed by atoms with E-state index in [1.165, 1.54) is 4.88 Å². The van der Waals surface area contributed by atoms with Crippen LogP contribution in [0.2, 0.25) is 0 Å². The quantitative estimate of drug-likeness (QED) is 0.838. The van der Waals surface area contributed by atoms with Crippen molar-refractivity contribution < 1.29 is 9.26 Å². The average Bonchev–Trinajstić information content (AvgIpc) is 2.98. The summed E-state index contributed by atoms with van der Waals surface area (Å²) in [5, 5.41) is 5.97. The second kappa shape index (κ2) is 5.90. The normalized spacial score (nSPS) is 12.8. The summed E-state index contributed by atoms with van der Waals surface area (Å²) in [5.41, 5.74) is 5.53. The molecular weight excluding hydrogens is 238 g/mol. The van der Waals surface area contributed by atoms with Gasteiger partial charge in [0, 0.05) is 25.0 Å². The number of ether oxygens (including phenoxy) is 1. The fourth-order valence-electron chi connectivity index (χ4n) is 1.47. The fraction of sp³-hybridized carbons (Fsp3) is 0.455. The molecule has 0 aliphatic heterocycles. The first-order valence-electron chi connectivity index (χ1n) is 5.38. The van der Waals surface area contributed by atoms with Crippen LogP contribution in [0.15, 0.2) is 22.0 Å². The summed E-state index contributed by atoms with van der Waals surface area (Å²) in [6, 6.07) is 4.06. The van der Waals surface area contributed by atoms with Crippen molar-refractivity contribution in [1.29, 1.82) is 0 Å². The standard InChI is InChI=1S/C11H15N3O2S/c1-15-8(7-12)5-11-13-10(14-16-11)6-9-3-2-4-17-9/h2-4,8H,5-7,12H2,1H3. The SMILES string of the molecule is COC(CN)Cc1nc(Cc2cccs2)no1. The van der Waals surface area contributed by atoms with Crippen LogP contribution < -0.4 is 5.73 Å². The van der Waals surface area contributed by atoms with Crippen LogP contribution >= 0.6 is 11.3 Å². The van der Waals surface area contributed by atoms with Gasteiger partial charge in [0.15, 0.2) is 5.82 Å². The fourth-order valence-corrected chi connectivity index (χ4v) is 2.17. The maximum absolute atomic E-state index is 5.53. The summed E-state index contributed by atoms with van der Waals surface area (Å²) in [7, 11) is 1.63. The largest absolute Gasteiger partial charge is 0.380 e. The van der Waals surface area contributed by atoms with Crippen molar-refractivity contribution >= 4 is 11.3 Å². The molecule has 2 N–H and O–H groups in total. The van der Waals surface area contributed by atoms with Gasteiger partial charge in [-0.2, -0.15) is 4.98 Å². The van der Waals surface area contributed by atoms with Crippen LogP contribution in [0.1, 0.15) is 16.6 Å². The molecular formula is C11H15N3O2S. The highest BCUT2D eigenvalue weighted by molar-refractivity contribution is 7.09. The van der Waals surface area contributed by atoms with Crippen molar-refractivity contribution in [3.63, 3.8) is 0 Å². The first kappa shape index (κ1) is 12.2. The molecule has 2 rings (SSSR count). The van der Waals surface area contributed by atoms with Gasteiger partial charge in [0.2, 0.25) is 5.89 Å². The lowest BCUT2D eigenvalue weighted by molar-refractivity contribution is 0.102. The molecule has 2 heterocycles. The summed E-state index contributed by atoms with van der Waals surface area (Å²) in [5.74, 6) is 1.28. The molecule has 1 unspecified atom stereocenters. The molecule has 0 bridgehead atoms. The summed E-state index contributed by atoms with van der Waals surface area (Å²) in [4.78, 5) is 5.54. The highest BCUT2D eigenvalue weighted by Crippen LogP contribution is 2.13. The van der Waals surface area contributed by atoms with Gasteiger partial charge in [0.05, 0.1) is 12.5 Å². The van der Waals surface area contributed by atoms with E-state index in [2.05, 4.69) is 16.2 Å². The van der Waals surface area contributed by atoms with Gasteiger partial charge in [-0.1, -0.05) is 11.2 Å². The van der Waals surface area contributed by atoms with Crippen LogP contribution in [0.25, 0.3) is 0 Å². The first-order chi connectivity index (χ1) is 8.31. The number of thiophene rings is 1. The van der Waals surface area contributed by atoms with Crippen molar-refractivity contribution in [1.82, 2.24) is 10.1 Å². The third-order valence-electron chi connectivity index (χ3n) is 2.42. The van der Waals surface area contributed by atoms with E-state index in [0.29, 0.717) is 31.1 Å². The van der Waals surface area contributed by atoms with E-state index >= 15 is 0 Å². The van der Waals surface area contributed by atoms with Crippen molar-refractivity contribution in [3.05, 3.63) is 34.1 Å². The van der Waals surface area contributed by atoms with Crippen LogP contribution in [0.4, 0.5) is 0 Å². The maximum Gasteiger partial charge on any atom is 0.229 e. The van der Waals surface area contributed by atoms with Crippen molar-refractivity contribution in [2.24, 2.45) is 5.73 Å². The Hall–Kier alpha value is -1.24. The van der Waals surface area contributed by atoms with E-state index in [1.807, 2.05) is 11.4 Å². The molecule has 0 spiro atoms. The number of aromatic nitrogens is 2. The summed E-state index contributed by atoms with van der Waals surface area (Å²) in [6.45, 7) is 0.444. The van der Waals surface area contributed by atoms with E-state index in [0.717, 1.165) is 0 Å². The minimum Gasteiger partial charge on any atom is -0.380 e. The first-order valence-corrected chi connectivity index (χ1v) is 6.26. The molecule has 0 aliphatic carbocycles. The molecule has 92 valence electrons. The van der Waals surface area contributed by atoms with E-state index in [-0.39, 0.29) is 6.10 Å². The van der Waals surface area contributed by atoms with E-state index in [9.17, 15) is 0 Å². The molecule has 0 aliphatic rings. The monoisotopic (exact) mass is 253 g/mol. The van der Waals surface area contributed by atoms with Crippen LogP contribution in [0.3, 0.4) is 0 Å². The van der Waals surface area contributed by atoms with Gasteiger partial charge in [-0.15, -0.1) is 11.3 Å². The number of hydrogen-bond donors (Lipinski definition) is 1. The molecule has 0 saturated heterocycles. The minimum atomic E-state index is -0.0648. The number of hydrogen-bond acceptors (Lipinski definition) is 6. The Balaban J connectivity index is 1.96. The molecule has 17 heavy (non-hydrogen) atoms. The average molecular weight is 253 g/mol. The molecule has 6 heteroatoms. The molecule has 0 fully saturated rings.